The quantitative estimate of drug-likeness (QED) is 0.719. The highest BCUT2D eigenvalue weighted by Gasteiger charge is 2.18. The standard InChI is InChI=1S/C11H13NO2/c1-2-7-5-11(14)9-6-8(13)3-4-10(9)12-7/h5H,2-4,6H2,1H3,(H,12,14). The predicted octanol–water partition coefficient (Wildman–Crippen LogP) is 0.995. The van der Waals surface area contributed by atoms with Gasteiger partial charge in [0.05, 0.1) is 0 Å². The Kier molecular flexibility index (Phi) is 2.23. The van der Waals surface area contributed by atoms with Crippen molar-refractivity contribution in [3.8, 4) is 0 Å². The van der Waals surface area contributed by atoms with Gasteiger partial charge in [0.1, 0.15) is 5.78 Å². The summed E-state index contributed by atoms with van der Waals surface area (Å²) >= 11 is 0. The van der Waals surface area contributed by atoms with Gasteiger partial charge in [-0.25, -0.2) is 0 Å². The third-order valence-electron chi connectivity index (χ3n) is 2.69. The third-order valence-corrected chi connectivity index (χ3v) is 2.69. The minimum atomic E-state index is 0.0173. The van der Waals surface area contributed by atoms with Gasteiger partial charge in [0.25, 0.3) is 0 Å². The van der Waals surface area contributed by atoms with E-state index in [2.05, 4.69) is 4.98 Å². The molecule has 1 N–H and O–H groups in total. The zero-order valence-electron chi connectivity index (χ0n) is 8.22. The van der Waals surface area contributed by atoms with Crippen LogP contribution in [0.15, 0.2) is 10.9 Å². The van der Waals surface area contributed by atoms with E-state index in [-0.39, 0.29) is 11.2 Å². The number of hydrogen-bond acceptors (Lipinski definition) is 2. The molecule has 0 saturated heterocycles. The van der Waals surface area contributed by atoms with Crippen molar-refractivity contribution in [2.45, 2.75) is 32.6 Å². The summed E-state index contributed by atoms with van der Waals surface area (Å²) in [6.45, 7) is 2.01. The average molecular weight is 191 g/mol. The molecule has 0 spiro atoms. The fraction of sp³-hybridized carbons (Fsp3) is 0.455. The lowest BCUT2D eigenvalue weighted by molar-refractivity contribution is -0.118. The van der Waals surface area contributed by atoms with Gasteiger partial charge in [0.2, 0.25) is 0 Å². The molecule has 0 saturated carbocycles. The Morgan fingerprint density at radius 3 is 2.86 bits per heavy atom. The molecule has 74 valence electrons. The molecule has 0 bridgehead atoms. The first-order valence-corrected chi connectivity index (χ1v) is 4.96. The van der Waals surface area contributed by atoms with E-state index in [0.717, 1.165) is 17.8 Å². The summed E-state index contributed by atoms with van der Waals surface area (Å²) in [6.07, 6.45) is 2.40. The van der Waals surface area contributed by atoms with Gasteiger partial charge in [-0.2, -0.15) is 0 Å². The van der Waals surface area contributed by atoms with Gasteiger partial charge in [0, 0.05) is 35.9 Å². The lowest BCUT2D eigenvalue weighted by atomic mass is 9.94. The monoisotopic (exact) mass is 191 g/mol. The van der Waals surface area contributed by atoms with Crippen molar-refractivity contribution in [2.24, 2.45) is 0 Å². The van der Waals surface area contributed by atoms with Crippen LogP contribution >= 0.6 is 0 Å². The lowest BCUT2D eigenvalue weighted by Gasteiger charge is -2.14. The van der Waals surface area contributed by atoms with Crippen LogP contribution in [0, 0.1) is 0 Å². The number of rotatable bonds is 1. The summed E-state index contributed by atoms with van der Waals surface area (Å²) in [5.74, 6) is 0.173. The van der Waals surface area contributed by atoms with Crippen molar-refractivity contribution < 1.29 is 4.79 Å². The van der Waals surface area contributed by atoms with Crippen LogP contribution in [-0.4, -0.2) is 10.8 Å². The number of nitrogens with one attached hydrogen (secondary N) is 1. The van der Waals surface area contributed by atoms with Gasteiger partial charge >= 0.3 is 0 Å². The predicted molar refractivity (Wildman–Crippen MR) is 53.5 cm³/mol. The Balaban J connectivity index is 2.53. The maximum Gasteiger partial charge on any atom is 0.185 e. The molecule has 0 amide bonds. The van der Waals surface area contributed by atoms with Crippen molar-refractivity contribution in [1.29, 1.82) is 0 Å². The van der Waals surface area contributed by atoms with E-state index in [4.69, 9.17) is 0 Å². The average Bonchev–Trinajstić information content (AvgIpc) is 2.19. The van der Waals surface area contributed by atoms with Gasteiger partial charge in [-0.15, -0.1) is 0 Å². The zero-order valence-corrected chi connectivity index (χ0v) is 8.22. The summed E-state index contributed by atoms with van der Waals surface area (Å²) in [6, 6.07) is 1.61. The van der Waals surface area contributed by atoms with Crippen LogP contribution in [0.2, 0.25) is 0 Å². The van der Waals surface area contributed by atoms with Crippen molar-refractivity contribution in [1.82, 2.24) is 4.98 Å². The second-order valence-electron chi connectivity index (χ2n) is 3.68. The number of pyridine rings is 1. The van der Waals surface area contributed by atoms with Crippen molar-refractivity contribution in [3.05, 3.63) is 33.2 Å². The number of aromatic nitrogens is 1. The molecule has 0 fully saturated rings. The Labute approximate surface area is 82.2 Å². The lowest BCUT2D eigenvalue weighted by Crippen LogP contribution is -2.23. The van der Waals surface area contributed by atoms with Crippen LogP contribution in [0.25, 0.3) is 0 Å². The highest BCUT2D eigenvalue weighted by atomic mass is 16.1. The van der Waals surface area contributed by atoms with Crippen LogP contribution in [0.1, 0.15) is 30.3 Å². The maximum atomic E-state index is 11.6. The van der Waals surface area contributed by atoms with E-state index < -0.39 is 0 Å². The first-order valence-electron chi connectivity index (χ1n) is 4.96. The first-order chi connectivity index (χ1) is 6.70. The Morgan fingerprint density at radius 2 is 2.14 bits per heavy atom. The third kappa shape index (κ3) is 1.50. The number of carbonyl (C=O) groups excluding carboxylic acids is 1. The molecule has 2 rings (SSSR count). The fourth-order valence-corrected chi connectivity index (χ4v) is 1.85. The smallest absolute Gasteiger partial charge is 0.185 e. The fourth-order valence-electron chi connectivity index (χ4n) is 1.85. The summed E-state index contributed by atoms with van der Waals surface area (Å²) < 4.78 is 0. The highest BCUT2D eigenvalue weighted by molar-refractivity contribution is 5.82. The molecule has 0 aromatic carbocycles. The molecule has 0 unspecified atom stereocenters. The van der Waals surface area contributed by atoms with Gasteiger partial charge in [-0.1, -0.05) is 6.92 Å². The van der Waals surface area contributed by atoms with E-state index in [1.165, 1.54) is 0 Å². The maximum absolute atomic E-state index is 11.6. The molecular formula is C11H13NO2. The Morgan fingerprint density at radius 1 is 1.36 bits per heavy atom. The topological polar surface area (TPSA) is 49.9 Å². The molecule has 3 nitrogen and oxygen atoms in total. The van der Waals surface area contributed by atoms with Crippen LogP contribution in [-0.2, 0) is 24.1 Å². The van der Waals surface area contributed by atoms with Crippen molar-refractivity contribution in [3.63, 3.8) is 0 Å². The largest absolute Gasteiger partial charge is 0.362 e. The summed E-state index contributed by atoms with van der Waals surface area (Å²) in [5, 5.41) is 0. The van der Waals surface area contributed by atoms with E-state index >= 15 is 0 Å². The van der Waals surface area contributed by atoms with Crippen LogP contribution in [0.4, 0.5) is 0 Å². The molecule has 0 atom stereocenters. The molecule has 1 aliphatic rings. The van der Waals surface area contributed by atoms with Gasteiger partial charge in [-0.05, 0) is 12.8 Å². The second kappa shape index (κ2) is 3.40. The van der Waals surface area contributed by atoms with Crippen LogP contribution < -0.4 is 5.43 Å². The normalized spacial score (nSPS) is 15.4. The van der Waals surface area contributed by atoms with E-state index in [9.17, 15) is 9.59 Å². The summed E-state index contributed by atoms with van der Waals surface area (Å²) in [5.41, 5.74) is 2.62. The molecule has 1 aromatic rings. The molecular weight excluding hydrogens is 178 g/mol. The van der Waals surface area contributed by atoms with Gasteiger partial charge in [-0.3, -0.25) is 9.59 Å². The number of Topliss-reactive ketones (excluding diaryl/α,β-unsaturated/α-hetero) is 1. The number of aryl methyl sites for hydroxylation is 2. The van der Waals surface area contributed by atoms with E-state index in [1.54, 1.807) is 6.07 Å². The molecule has 1 aliphatic carbocycles. The summed E-state index contributed by atoms with van der Waals surface area (Å²) in [7, 11) is 0. The van der Waals surface area contributed by atoms with Crippen molar-refractivity contribution in [2.75, 3.05) is 0 Å². The summed E-state index contributed by atoms with van der Waals surface area (Å²) in [4.78, 5) is 26.0. The number of hydrogen-bond donors (Lipinski definition) is 1. The first kappa shape index (κ1) is 9.19. The molecule has 1 aromatic heterocycles. The second-order valence-corrected chi connectivity index (χ2v) is 3.68. The Hall–Kier alpha value is -1.38. The van der Waals surface area contributed by atoms with E-state index in [1.807, 2.05) is 6.92 Å². The number of aromatic amines is 1. The molecule has 3 heteroatoms. The van der Waals surface area contributed by atoms with E-state index in [0.29, 0.717) is 24.8 Å². The van der Waals surface area contributed by atoms with Crippen LogP contribution in [0.3, 0.4) is 0 Å². The SMILES string of the molecule is CCc1cc(=O)c2c([nH]1)CCC(=O)C2. The zero-order chi connectivity index (χ0) is 10.1. The molecule has 14 heavy (non-hydrogen) atoms. The highest BCUT2D eigenvalue weighted by Crippen LogP contribution is 2.14. The number of fused-ring (bicyclic) bond motifs is 1. The molecule has 1 heterocycles. The van der Waals surface area contributed by atoms with Gasteiger partial charge in [0.15, 0.2) is 5.43 Å². The Bertz CT molecular complexity index is 431. The minimum absolute atomic E-state index is 0.0173. The number of ketones is 1. The van der Waals surface area contributed by atoms with Gasteiger partial charge < -0.3 is 4.98 Å². The minimum Gasteiger partial charge on any atom is -0.362 e. The van der Waals surface area contributed by atoms with Crippen LogP contribution in [0.5, 0.6) is 0 Å². The number of carbonyl (C=O) groups is 1. The van der Waals surface area contributed by atoms with Crippen molar-refractivity contribution >= 4 is 5.78 Å². The molecule has 0 radical (unpaired) electrons. The molecule has 0 aliphatic heterocycles. The number of H-pyrrole nitrogens is 1.